The number of ketones is 1. The zero-order chi connectivity index (χ0) is 11.3. The van der Waals surface area contributed by atoms with Gasteiger partial charge in [-0.15, -0.1) is 0 Å². The molecule has 0 bridgehead atoms. The van der Waals surface area contributed by atoms with E-state index in [0.717, 1.165) is 12.2 Å². The number of hydrogen-bond acceptors (Lipinski definition) is 2. The first kappa shape index (κ1) is 12.2. The normalized spacial score (nSPS) is 12.2. The third-order valence-corrected chi connectivity index (χ3v) is 2.39. The van der Waals surface area contributed by atoms with Crippen molar-refractivity contribution in [2.24, 2.45) is 0 Å². The number of rotatable bonds is 5. The molecule has 0 saturated heterocycles. The van der Waals surface area contributed by atoms with Gasteiger partial charge in [0.05, 0.1) is 11.4 Å². The number of Topliss-reactive ketones (excluding diaryl/α,β-unsaturated/α-hetero) is 1. The lowest BCUT2D eigenvalue weighted by Crippen LogP contribution is -2.09. The van der Waals surface area contributed by atoms with E-state index in [9.17, 15) is 4.79 Å². The highest BCUT2D eigenvalue weighted by atomic mass is 79.9. The van der Waals surface area contributed by atoms with Crippen molar-refractivity contribution in [3.63, 3.8) is 0 Å². The molecule has 1 atom stereocenters. The molecule has 3 heteroatoms. The molecule has 82 valence electrons. The van der Waals surface area contributed by atoms with Gasteiger partial charge in [0.1, 0.15) is 5.75 Å². The van der Waals surface area contributed by atoms with E-state index < -0.39 is 0 Å². The Labute approximate surface area is 98.8 Å². The van der Waals surface area contributed by atoms with Gasteiger partial charge >= 0.3 is 0 Å². The Morgan fingerprint density at radius 1 is 1.40 bits per heavy atom. The number of alkyl halides is 1. The summed E-state index contributed by atoms with van der Waals surface area (Å²) < 4.78 is 5.43. The highest BCUT2D eigenvalue weighted by Crippen LogP contribution is 2.15. The highest BCUT2D eigenvalue weighted by molar-refractivity contribution is 9.10. The van der Waals surface area contributed by atoms with Crippen LogP contribution in [-0.4, -0.2) is 17.2 Å². The molecular weight excluding hydrogens is 256 g/mol. The maximum Gasteiger partial charge on any atom is 0.176 e. The third kappa shape index (κ3) is 3.67. The van der Waals surface area contributed by atoms with E-state index in [-0.39, 0.29) is 10.6 Å². The van der Waals surface area contributed by atoms with Gasteiger partial charge in [-0.1, -0.05) is 22.9 Å². The van der Waals surface area contributed by atoms with Gasteiger partial charge in [0.25, 0.3) is 0 Å². The van der Waals surface area contributed by atoms with Crippen LogP contribution in [0.25, 0.3) is 0 Å². The summed E-state index contributed by atoms with van der Waals surface area (Å²) >= 11 is 3.26. The molecule has 0 heterocycles. The Morgan fingerprint density at radius 3 is 2.47 bits per heavy atom. The van der Waals surface area contributed by atoms with Gasteiger partial charge < -0.3 is 4.74 Å². The van der Waals surface area contributed by atoms with Gasteiger partial charge in [0.15, 0.2) is 5.78 Å². The highest BCUT2D eigenvalue weighted by Gasteiger charge is 2.11. The van der Waals surface area contributed by atoms with Crippen LogP contribution < -0.4 is 4.74 Å². The second-order valence-electron chi connectivity index (χ2n) is 3.35. The summed E-state index contributed by atoms with van der Waals surface area (Å²) in [7, 11) is 0. The van der Waals surface area contributed by atoms with E-state index in [1.54, 1.807) is 12.1 Å². The van der Waals surface area contributed by atoms with E-state index >= 15 is 0 Å². The summed E-state index contributed by atoms with van der Waals surface area (Å²) in [4.78, 5) is 11.4. The van der Waals surface area contributed by atoms with Crippen LogP contribution >= 0.6 is 15.9 Å². The smallest absolute Gasteiger partial charge is 0.176 e. The molecule has 0 radical (unpaired) electrons. The van der Waals surface area contributed by atoms with Crippen molar-refractivity contribution >= 4 is 21.7 Å². The molecule has 0 aliphatic carbocycles. The average molecular weight is 271 g/mol. The molecule has 0 aromatic heterocycles. The lowest BCUT2D eigenvalue weighted by molar-refractivity contribution is 0.0996. The average Bonchev–Trinajstić information content (AvgIpc) is 2.26. The van der Waals surface area contributed by atoms with Gasteiger partial charge in [0, 0.05) is 5.56 Å². The molecule has 1 aromatic rings. The van der Waals surface area contributed by atoms with E-state index in [0.29, 0.717) is 12.2 Å². The third-order valence-electron chi connectivity index (χ3n) is 1.97. The predicted octanol–water partition coefficient (Wildman–Crippen LogP) is 3.44. The van der Waals surface area contributed by atoms with Crippen molar-refractivity contribution in [3.05, 3.63) is 29.8 Å². The van der Waals surface area contributed by atoms with Crippen LogP contribution in [0.3, 0.4) is 0 Å². The van der Waals surface area contributed by atoms with E-state index in [1.807, 2.05) is 19.1 Å². The van der Waals surface area contributed by atoms with E-state index in [2.05, 4.69) is 22.9 Å². The summed E-state index contributed by atoms with van der Waals surface area (Å²) in [6, 6.07) is 7.26. The largest absolute Gasteiger partial charge is 0.494 e. The monoisotopic (exact) mass is 270 g/mol. The predicted molar refractivity (Wildman–Crippen MR) is 64.9 cm³/mol. The molecule has 0 saturated carbocycles. The van der Waals surface area contributed by atoms with Crippen molar-refractivity contribution < 1.29 is 9.53 Å². The fourth-order valence-electron chi connectivity index (χ4n) is 1.17. The van der Waals surface area contributed by atoms with Crippen LogP contribution in [-0.2, 0) is 0 Å². The van der Waals surface area contributed by atoms with E-state index in [1.165, 1.54) is 0 Å². The Hall–Kier alpha value is -0.830. The standard InChI is InChI=1S/C12H15BrO2/c1-3-8-15-11-6-4-10(5-7-11)12(14)9(2)13/h4-7,9H,3,8H2,1-2H3. The van der Waals surface area contributed by atoms with Crippen LogP contribution in [0.1, 0.15) is 30.6 Å². The SMILES string of the molecule is CCCOc1ccc(C(=O)C(C)Br)cc1. The van der Waals surface area contributed by atoms with Crippen molar-refractivity contribution in [1.29, 1.82) is 0 Å². The zero-order valence-corrected chi connectivity index (χ0v) is 10.6. The topological polar surface area (TPSA) is 26.3 Å². The van der Waals surface area contributed by atoms with Gasteiger partial charge in [-0.05, 0) is 37.6 Å². The zero-order valence-electron chi connectivity index (χ0n) is 9.00. The Kier molecular flexibility index (Phi) is 4.82. The van der Waals surface area contributed by atoms with Crippen LogP contribution in [0.2, 0.25) is 0 Å². The number of carbonyl (C=O) groups is 1. The van der Waals surface area contributed by atoms with Crippen LogP contribution in [0.15, 0.2) is 24.3 Å². The number of carbonyl (C=O) groups excluding carboxylic acids is 1. The first-order chi connectivity index (χ1) is 7.15. The fourth-order valence-corrected chi connectivity index (χ4v) is 1.43. The second kappa shape index (κ2) is 5.91. The Balaban J connectivity index is 2.68. The minimum absolute atomic E-state index is 0.0945. The maximum absolute atomic E-state index is 11.6. The lowest BCUT2D eigenvalue weighted by Gasteiger charge is -2.06. The van der Waals surface area contributed by atoms with Crippen LogP contribution in [0, 0.1) is 0 Å². The molecule has 0 aliphatic rings. The van der Waals surface area contributed by atoms with Crippen molar-refractivity contribution in [2.45, 2.75) is 25.1 Å². The van der Waals surface area contributed by atoms with Crippen molar-refractivity contribution in [2.75, 3.05) is 6.61 Å². The van der Waals surface area contributed by atoms with Gasteiger partial charge in [-0.3, -0.25) is 4.79 Å². The summed E-state index contributed by atoms with van der Waals surface area (Å²) in [5.41, 5.74) is 0.711. The summed E-state index contributed by atoms with van der Waals surface area (Å²) in [5, 5.41) is 0. The molecule has 2 nitrogen and oxygen atoms in total. The molecular formula is C12H15BrO2. The van der Waals surface area contributed by atoms with Crippen molar-refractivity contribution in [1.82, 2.24) is 0 Å². The molecule has 0 aliphatic heterocycles. The maximum atomic E-state index is 11.6. The quantitative estimate of drug-likeness (QED) is 0.605. The second-order valence-corrected chi connectivity index (χ2v) is 4.73. The van der Waals surface area contributed by atoms with Crippen molar-refractivity contribution in [3.8, 4) is 5.75 Å². The molecule has 1 unspecified atom stereocenters. The van der Waals surface area contributed by atoms with Crippen LogP contribution in [0.4, 0.5) is 0 Å². The van der Waals surface area contributed by atoms with Gasteiger partial charge in [0.2, 0.25) is 0 Å². The van der Waals surface area contributed by atoms with Gasteiger partial charge in [-0.25, -0.2) is 0 Å². The molecule has 0 amide bonds. The molecule has 0 spiro atoms. The molecule has 1 rings (SSSR count). The number of halogens is 1. The Bertz CT molecular complexity index is 317. The summed E-state index contributed by atoms with van der Waals surface area (Å²) in [6.45, 7) is 4.59. The van der Waals surface area contributed by atoms with Gasteiger partial charge in [-0.2, -0.15) is 0 Å². The first-order valence-corrected chi connectivity index (χ1v) is 5.98. The molecule has 0 N–H and O–H groups in total. The Morgan fingerprint density at radius 2 is 2.00 bits per heavy atom. The summed E-state index contributed by atoms with van der Waals surface area (Å²) in [6.07, 6.45) is 0.985. The van der Waals surface area contributed by atoms with Crippen LogP contribution in [0.5, 0.6) is 5.75 Å². The number of hydrogen-bond donors (Lipinski definition) is 0. The summed E-state index contributed by atoms with van der Waals surface area (Å²) in [5.74, 6) is 0.910. The molecule has 0 fully saturated rings. The minimum atomic E-state index is -0.139. The van der Waals surface area contributed by atoms with E-state index in [4.69, 9.17) is 4.74 Å². The lowest BCUT2D eigenvalue weighted by atomic mass is 10.1. The number of ether oxygens (including phenoxy) is 1. The number of benzene rings is 1. The molecule has 15 heavy (non-hydrogen) atoms. The minimum Gasteiger partial charge on any atom is -0.494 e. The fraction of sp³-hybridized carbons (Fsp3) is 0.417. The molecule has 1 aromatic carbocycles. The first-order valence-electron chi connectivity index (χ1n) is 5.06.